The Kier molecular flexibility index (Phi) is 7.39. The minimum absolute atomic E-state index is 0.106. The molecule has 134 valence electrons. The Balaban J connectivity index is 2.29. The second kappa shape index (κ2) is 9.29. The van der Waals surface area contributed by atoms with Crippen LogP contribution in [0.3, 0.4) is 0 Å². The topological polar surface area (TPSA) is 68.2 Å². The summed E-state index contributed by atoms with van der Waals surface area (Å²) in [7, 11) is 4.79. The van der Waals surface area contributed by atoms with Crippen molar-refractivity contribution in [1.29, 1.82) is 0 Å². The molecule has 1 heterocycles. The van der Waals surface area contributed by atoms with Gasteiger partial charge in [-0.3, -0.25) is 4.79 Å². The Hall–Kier alpha value is -1.25. The first kappa shape index (κ1) is 19.1. The predicted molar refractivity (Wildman–Crippen MR) is 97.4 cm³/mol. The number of aliphatic hydroxyl groups excluding tert-OH is 1. The largest absolute Gasteiger partial charge is 0.496 e. The van der Waals surface area contributed by atoms with Crippen LogP contribution < -0.4 is 14.2 Å². The zero-order chi connectivity index (χ0) is 17.5. The van der Waals surface area contributed by atoms with Crippen LogP contribution in [0.2, 0.25) is 0 Å². The van der Waals surface area contributed by atoms with E-state index in [9.17, 15) is 4.79 Å². The molecule has 1 aliphatic heterocycles. The highest BCUT2D eigenvalue weighted by atomic mass is 32.2. The molecule has 1 saturated heterocycles. The summed E-state index contributed by atoms with van der Waals surface area (Å²) in [6, 6.07) is 3.61. The molecule has 6 nitrogen and oxygen atoms in total. The monoisotopic (exact) mass is 373 g/mol. The molecule has 1 aromatic carbocycles. The van der Waals surface area contributed by atoms with Gasteiger partial charge in [0.2, 0.25) is 5.91 Å². The maximum Gasteiger partial charge on any atom is 0.233 e. The van der Waals surface area contributed by atoms with Crippen molar-refractivity contribution in [2.45, 2.75) is 5.37 Å². The van der Waals surface area contributed by atoms with Gasteiger partial charge in [0.25, 0.3) is 0 Å². The number of methoxy groups -OCH3 is 3. The molecule has 1 fully saturated rings. The smallest absolute Gasteiger partial charge is 0.233 e. The lowest BCUT2D eigenvalue weighted by molar-refractivity contribution is -0.127. The van der Waals surface area contributed by atoms with E-state index in [2.05, 4.69) is 0 Å². The van der Waals surface area contributed by atoms with Crippen molar-refractivity contribution in [1.82, 2.24) is 4.90 Å². The first-order valence-electron chi connectivity index (χ1n) is 7.55. The van der Waals surface area contributed by atoms with Crippen LogP contribution >= 0.6 is 23.5 Å². The maximum atomic E-state index is 12.3. The summed E-state index contributed by atoms with van der Waals surface area (Å²) in [6.07, 6.45) is 0. The molecule has 1 aliphatic rings. The number of benzene rings is 1. The van der Waals surface area contributed by atoms with Gasteiger partial charge in [0, 0.05) is 30.2 Å². The average Bonchev–Trinajstić information content (AvgIpc) is 2.97. The number of ether oxygens (including phenoxy) is 3. The molecule has 0 bridgehead atoms. The molecular weight excluding hydrogens is 350 g/mol. The van der Waals surface area contributed by atoms with Gasteiger partial charge in [0.05, 0.1) is 39.3 Å². The molecule has 1 N–H and O–H groups in total. The molecule has 0 saturated carbocycles. The van der Waals surface area contributed by atoms with Crippen LogP contribution in [0.1, 0.15) is 10.9 Å². The second-order valence-corrected chi connectivity index (χ2v) is 7.33. The highest BCUT2D eigenvalue weighted by molar-refractivity contribution is 8.00. The first-order valence-corrected chi connectivity index (χ1v) is 9.76. The molecule has 0 radical (unpaired) electrons. The molecule has 1 unspecified atom stereocenters. The summed E-state index contributed by atoms with van der Waals surface area (Å²) in [6.45, 7) is 0.774. The van der Waals surface area contributed by atoms with E-state index < -0.39 is 0 Å². The lowest BCUT2D eigenvalue weighted by Gasteiger charge is -2.27. The van der Waals surface area contributed by atoms with E-state index in [0.717, 1.165) is 11.3 Å². The normalized spacial score (nSPS) is 17.2. The molecule has 0 spiro atoms. The van der Waals surface area contributed by atoms with Crippen LogP contribution in [0.5, 0.6) is 17.2 Å². The Morgan fingerprint density at radius 1 is 1.21 bits per heavy atom. The van der Waals surface area contributed by atoms with Gasteiger partial charge in [-0.2, -0.15) is 11.8 Å². The van der Waals surface area contributed by atoms with Crippen LogP contribution in [0.4, 0.5) is 0 Å². The van der Waals surface area contributed by atoms with E-state index in [-0.39, 0.29) is 17.9 Å². The molecule has 8 heteroatoms. The standard InChI is InChI=1S/C16H23NO5S2/c1-20-11-8-12(21-2)15(13(9-11)22-3)16-17(14(19)10-24-16)4-6-23-7-5-18/h8-9,16,18H,4-7,10H2,1-3H3. The molecule has 2 rings (SSSR count). The van der Waals surface area contributed by atoms with E-state index in [4.69, 9.17) is 19.3 Å². The van der Waals surface area contributed by atoms with Crippen molar-refractivity contribution in [2.24, 2.45) is 0 Å². The fourth-order valence-electron chi connectivity index (χ4n) is 2.54. The van der Waals surface area contributed by atoms with Gasteiger partial charge in [-0.15, -0.1) is 11.8 Å². The Bertz CT molecular complexity index is 544. The van der Waals surface area contributed by atoms with E-state index in [1.54, 1.807) is 57.0 Å². The lowest BCUT2D eigenvalue weighted by atomic mass is 10.1. The molecule has 1 atom stereocenters. The third kappa shape index (κ3) is 4.23. The van der Waals surface area contributed by atoms with Crippen molar-refractivity contribution < 1.29 is 24.1 Å². The number of rotatable bonds is 9. The Morgan fingerprint density at radius 2 is 1.88 bits per heavy atom. The Morgan fingerprint density at radius 3 is 2.42 bits per heavy atom. The van der Waals surface area contributed by atoms with Gasteiger partial charge in [0.1, 0.15) is 22.6 Å². The highest BCUT2D eigenvalue weighted by Crippen LogP contribution is 2.48. The SMILES string of the molecule is COc1cc(OC)c(C2SCC(=O)N2CCSCCO)c(OC)c1. The van der Waals surface area contributed by atoms with E-state index in [1.165, 1.54) is 0 Å². The zero-order valence-electron chi connectivity index (χ0n) is 14.1. The molecule has 24 heavy (non-hydrogen) atoms. The maximum absolute atomic E-state index is 12.3. The third-order valence-corrected chi connectivity index (χ3v) is 5.84. The number of hydrogen-bond donors (Lipinski definition) is 1. The quantitative estimate of drug-likeness (QED) is 0.664. The van der Waals surface area contributed by atoms with Crippen molar-refractivity contribution in [3.05, 3.63) is 17.7 Å². The van der Waals surface area contributed by atoms with Crippen LogP contribution in [0.15, 0.2) is 12.1 Å². The van der Waals surface area contributed by atoms with E-state index >= 15 is 0 Å². The molecule has 0 aromatic heterocycles. The van der Waals surface area contributed by atoms with E-state index in [0.29, 0.717) is 35.3 Å². The van der Waals surface area contributed by atoms with Gasteiger partial charge >= 0.3 is 0 Å². The van der Waals surface area contributed by atoms with E-state index in [1.807, 2.05) is 4.90 Å². The van der Waals surface area contributed by atoms with Crippen LogP contribution in [-0.2, 0) is 4.79 Å². The summed E-state index contributed by atoms with van der Waals surface area (Å²) in [5, 5.41) is 8.73. The van der Waals surface area contributed by atoms with Crippen molar-refractivity contribution in [3.63, 3.8) is 0 Å². The van der Waals surface area contributed by atoms with Crippen molar-refractivity contribution in [2.75, 3.05) is 51.7 Å². The fraction of sp³-hybridized carbons (Fsp3) is 0.562. The van der Waals surface area contributed by atoms with Gasteiger partial charge in [0.15, 0.2) is 0 Å². The number of thioether (sulfide) groups is 2. The first-order chi connectivity index (χ1) is 11.7. The summed E-state index contributed by atoms with van der Waals surface area (Å²) in [5.74, 6) is 3.94. The van der Waals surface area contributed by atoms with Gasteiger partial charge in [-0.25, -0.2) is 0 Å². The number of hydrogen-bond acceptors (Lipinski definition) is 7. The lowest BCUT2D eigenvalue weighted by Crippen LogP contribution is -2.31. The van der Waals surface area contributed by atoms with Gasteiger partial charge in [-0.1, -0.05) is 0 Å². The second-order valence-electron chi connectivity index (χ2n) is 5.03. The molecule has 0 aliphatic carbocycles. The third-order valence-electron chi connectivity index (χ3n) is 3.68. The van der Waals surface area contributed by atoms with Gasteiger partial charge < -0.3 is 24.2 Å². The fourth-order valence-corrected chi connectivity index (χ4v) is 4.47. The molecule has 1 amide bonds. The minimum Gasteiger partial charge on any atom is -0.496 e. The predicted octanol–water partition coefficient (Wildman–Crippen LogP) is 2.01. The number of amides is 1. The van der Waals surface area contributed by atoms with Gasteiger partial charge in [-0.05, 0) is 0 Å². The van der Waals surface area contributed by atoms with Crippen molar-refractivity contribution >= 4 is 29.4 Å². The minimum atomic E-state index is -0.150. The van der Waals surface area contributed by atoms with Crippen LogP contribution in [0.25, 0.3) is 0 Å². The summed E-state index contributed by atoms with van der Waals surface area (Å²) >= 11 is 3.19. The number of carbonyl (C=O) groups excluding carboxylic acids is 1. The Labute approximate surface area is 150 Å². The number of nitrogens with zero attached hydrogens (tertiary/aromatic N) is 1. The van der Waals surface area contributed by atoms with Crippen LogP contribution in [-0.4, -0.2) is 67.7 Å². The molecule has 1 aromatic rings. The summed E-state index contributed by atoms with van der Waals surface area (Å²) < 4.78 is 16.3. The summed E-state index contributed by atoms with van der Waals surface area (Å²) in [5.41, 5.74) is 0.851. The number of carbonyl (C=O) groups is 1. The number of aliphatic hydroxyl groups is 1. The highest BCUT2D eigenvalue weighted by Gasteiger charge is 2.36. The van der Waals surface area contributed by atoms with Crippen LogP contribution in [0, 0.1) is 0 Å². The summed E-state index contributed by atoms with van der Waals surface area (Å²) in [4.78, 5) is 14.1. The average molecular weight is 373 g/mol. The van der Waals surface area contributed by atoms with Crippen molar-refractivity contribution in [3.8, 4) is 17.2 Å². The molecular formula is C16H23NO5S2. The zero-order valence-corrected chi connectivity index (χ0v) is 15.7.